The minimum Gasteiger partial charge on any atom is -0.494 e. The molecule has 1 aromatic rings. The number of carbonyl (C=O) groups excluding carboxylic acids is 1. The number of halogens is 1. The maximum absolute atomic E-state index is 13.8. The highest BCUT2D eigenvalue weighted by molar-refractivity contribution is 5.79. The number of carbonyl (C=O) groups is 1. The van der Waals surface area contributed by atoms with Gasteiger partial charge in [0.1, 0.15) is 0 Å². The Kier molecular flexibility index (Phi) is 5.36. The molecule has 1 saturated heterocycles. The third-order valence-electron chi connectivity index (χ3n) is 5.13. The summed E-state index contributed by atoms with van der Waals surface area (Å²) < 4.78 is 18.7. The molecule has 0 spiro atoms. The highest BCUT2D eigenvalue weighted by atomic mass is 19.1. The van der Waals surface area contributed by atoms with E-state index in [9.17, 15) is 9.18 Å². The summed E-state index contributed by atoms with van der Waals surface area (Å²) in [5.41, 5.74) is 6.84. The summed E-state index contributed by atoms with van der Waals surface area (Å²) in [6.45, 7) is 3.81. The smallest absolute Gasteiger partial charge is 0.225 e. The molecule has 1 aliphatic carbocycles. The Morgan fingerprint density at radius 1 is 1.29 bits per heavy atom. The quantitative estimate of drug-likeness (QED) is 0.908. The van der Waals surface area contributed by atoms with Gasteiger partial charge in [0, 0.05) is 44.7 Å². The highest BCUT2D eigenvalue weighted by Gasteiger charge is 2.32. The van der Waals surface area contributed by atoms with Crippen LogP contribution in [-0.2, 0) is 11.3 Å². The Morgan fingerprint density at radius 2 is 2.04 bits per heavy atom. The predicted octanol–water partition coefficient (Wildman–Crippen LogP) is 1.61. The van der Waals surface area contributed by atoms with E-state index in [4.69, 9.17) is 10.5 Å². The second kappa shape index (κ2) is 7.49. The zero-order valence-electron chi connectivity index (χ0n) is 14.2. The van der Waals surface area contributed by atoms with E-state index in [1.165, 1.54) is 13.2 Å². The van der Waals surface area contributed by atoms with E-state index in [2.05, 4.69) is 4.90 Å². The van der Waals surface area contributed by atoms with Crippen molar-refractivity contribution in [3.8, 4) is 5.75 Å². The summed E-state index contributed by atoms with van der Waals surface area (Å²) in [4.78, 5) is 16.7. The van der Waals surface area contributed by atoms with Gasteiger partial charge in [-0.25, -0.2) is 4.39 Å². The monoisotopic (exact) mass is 335 g/mol. The standard InChI is InChI=1S/C18H26FN3O2/c1-24-17-5-2-13(10-16(17)19)12-21-6-8-22(9-7-21)18(23)14-3-4-15(20)11-14/h2,5,10,14-15H,3-4,6-9,11-12,20H2,1H3. The molecule has 0 aromatic heterocycles. The third-order valence-corrected chi connectivity index (χ3v) is 5.13. The Bertz CT molecular complexity index is 588. The number of nitrogens with two attached hydrogens (primary N) is 1. The Balaban J connectivity index is 1.50. The van der Waals surface area contributed by atoms with Gasteiger partial charge in [-0.3, -0.25) is 9.69 Å². The van der Waals surface area contributed by atoms with E-state index in [1.807, 2.05) is 11.0 Å². The van der Waals surface area contributed by atoms with Crippen molar-refractivity contribution in [2.45, 2.75) is 31.8 Å². The molecular weight excluding hydrogens is 309 g/mol. The minimum atomic E-state index is -0.332. The molecule has 1 heterocycles. The van der Waals surface area contributed by atoms with Crippen LogP contribution in [0.4, 0.5) is 4.39 Å². The summed E-state index contributed by atoms with van der Waals surface area (Å²) in [5, 5.41) is 0. The molecule has 2 N–H and O–H groups in total. The van der Waals surface area contributed by atoms with Crippen LogP contribution in [0.3, 0.4) is 0 Å². The number of methoxy groups -OCH3 is 1. The second-order valence-electron chi connectivity index (χ2n) is 6.84. The van der Waals surface area contributed by atoms with Crippen molar-refractivity contribution in [2.75, 3.05) is 33.3 Å². The lowest BCUT2D eigenvalue weighted by Crippen LogP contribution is -2.49. The van der Waals surface area contributed by atoms with Gasteiger partial charge >= 0.3 is 0 Å². The predicted molar refractivity (Wildman–Crippen MR) is 90.1 cm³/mol. The molecule has 24 heavy (non-hydrogen) atoms. The molecule has 6 heteroatoms. The Morgan fingerprint density at radius 3 is 2.62 bits per heavy atom. The van der Waals surface area contributed by atoms with Gasteiger partial charge in [0.05, 0.1) is 7.11 Å². The van der Waals surface area contributed by atoms with Gasteiger partial charge in [0.2, 0.25) is 5.91 Å². The molecule has 1 aliphatic heterocycles. The molecule has 5 nitrogen and oxygen atoms in total. The fourth-order valence-corrected chi connectivity index (χ4v) is 3.69. The van der Waals surface area contributed by atoms with E-state index in [-0.39, 0.29) is 29.4 Å². The van der Waals surface area contributed by atoms with Crippen LogP contribution in [0.5, 0.6) is 5.75 Å². The number of piperazine rings is 1. The van der Waals surface area contributed by atoms with E-state index >= 15 is 0 Å². The second-order valence-corrected chi connectivity index (χ2v) is 6.84. The molecule has 0 radical (unpaired) electrons. The molecule has 1 aromatic carbocycles. The molecule has 1 amide bonds. The number of amides is 1. The van der Waals surface area contributed by atoms with Crippen molar-refractivity contribution in [3.63, 3.8) is 0 Å². The van der Waals surface area contributed by atoms with Gasteiger partial charge in [-0.1, -0.05) is 6.07 Å². The van der Waals surface area contributed by atoms with Gasteiger partial charge in [0.25, 0.3) is 0 Å². The van der Waals surface area contributed by atoms with Crippen LogP contribution in [0.2, 0.25) is 0 Å². The summed E-state index contributed by atoms with van der Waals surface area (Å²) in [6, 6.07) is 5.26. The molecule has 2 aliphatic rings. The fraction of sp³-hybridized carbons (Fsp3) is 0.611. The molecule has 3 rings (SSSR count). The van der Waals surface area contributed by atoms with E-state index in [0.29, 0.717) is 6.54 Å². The highest BCUT2D eigenvalue weighted by Crippen LogP contribution is 2.26. The van der Waals surface area contributed by atoms with Gasteiger partial charge in [-0.15, -0.1) is 0 Å². The molecule has 1 saturated carbocycles. The van der Waals surface area contributed by atoms with Gasteiger partial charge < -0.3 is 15.4 Å². The zero-order chi connectivity index (χ0) is 17.1. The molecule has 2 fully saturated rings. The number of hydrogen-bond donors (Lipinski definition) is 1. The van der Waals surface area contributed by atoms with E-state index < -0.39 is 0 Å². The number of rotatable bonds is 4. The van der Waals surface area contributed by atoms with Crippen LogP contribution >= 0.6 is 0 Å². The lowest BCUT2D eigenvalue weighted by molar-refractivity contribution is -0.137. The van der Waals surface area contributed by atoms with Crippen molar-refractivity contribution in [3.05, 3.63) is 29.6 Å². The molecule has 2 unspecified atom stereocenters. The largest absolute Gasteiger partial charge is 0.494 e. The lowest BCUT2D eigenvalue weighted by atomic mass is 10.1. The summed E-state index contributed by atoms with van der Waals surface area (Å²) in [6.07, 6.45) is 2.70. The van der Waals surface area contributed by atoms with Crippen molar-refractivity contribution in [1.29, 1.82) is 0 Å². The average molecular weight is 335 g/mol. The lowest BCUT2D eigenvalue weighted by Gasteiger charge is -2.36. The number of benzene rings is 1. The van der Waals surface area contributed by atoms with Crippen LogP contribution in [0.1, 0.15) is 24.8 Å². The van der Waals surface area contributed by atoms with Crippen molar-refractivity contribution >= 4 is 5.91 Å². The van der Waals surface area contributed by atoms with Gasteiger partial charge in [0.15, 0.2) is 11.6 Å². The first-order chi connectivity index (χ1) is 11.6. The number of ether oxygens (including phenoxy) is 1. The van der Waals surface area contributed by atoms with Crippen molar-refractivity contribution < 1.29 is 13.9 Å². The van der Waals surface area contributed by atoms with Crippen LogP contribution < -0.4 is 10.5 Å². The topological polar surface area (TPSA) is 58.8 Å². The van der Waals surface area contributed by atoms with Gasteiger partial charge in [-0.05, 0) is 37.0 Å². The Hall–Kier alpha value is -1.66. The average Bonchev–Trinajstić information content (AvgIpc) is 3.02. The van der Waals surface area contributed by atoms with Crippen molar-refractivity contribution in [1.82, 2.24) is 9.80 Å². The van der Waals surface area contributed by atoms with Crippen molar-refractivity contribution in [2.24, 2.45) is 11.7 Å². The Labute approximate surface area is 142 Å². The van der Waals surface area contributed by atoms with Crippen LogP contribution in [0.25, 0.3) is 0 Å². The molecule has 0 bridgehead atoms. The zero-order valence-corrected chi connectivity index (χ0v) is 14.2. The maximum atomic E-state index is 13.8. The fourth-order valence-electron chi connectivity index (χ4n) is 3.69. The summed E-state index contributed by atoms with van der Waals surface area (Å²) in [5.74, 6) is 0.311. The van der Waals surface area contributed by atoms with Gasteiger partial charge in [-0.2, -0.15) is 0 Å². The van der Waals surface area contributed by atoms with Crippen LogP contribution in [0.15, 0.2) is 18.2 Å². The summed E-state index contributed by atoms with van der Waals surface area (Å²) in [7, 11) is 1.46. The van der Waals surface area contributed by atoms with E-state index in [0.717, 1.165) is 51.0 Å². The molecule has 2 atom stereocenters. The third kappa shape index (κ3) is 3.87. The first-order valence-electron chi connectivity index (χ1n) is 8.66. The molecular formula is C18H26FN3O2. The first kappa shape index (κ1) is 17.2. The number of hydrogen-bond acceptors (Lipinski definition) is 4. The normalized spacial score (nSPS) is 25.0. The van der Waals surface area contributed by atoms with E-state index in [1.54, 1.807) is 6.07 Å². The number of nitrogens with zero attached hydrogens (tertiary/aromatic N) is 2. The van der Waals surface area contributed by atoms with Crippen LogP contribution in [0, 0.1) is 11.7 Å². The van der Waals surface area contributed by atoms with Crippen LogP contribution in [-0.4, -0.2) is 55.0 Å². The first-order valence-corrected chi connectivity index (χ1v) is 8.66. The molecule has 132 valence electrons. The summed E-state index contributed by atoms with van der Waals surface area (Å²) >= 11 is 0. The SMILES string of the molecule is COc1ccc(CN2CCN(C(=O)C3CCC(N)C3)CC2)cc1F. The minimum absolute atomic E-state index is 0.113. The maximum Gasteiger partial charge on any atom is 0.225 e.